The van der Waals surface area contributed by atoms with E-state index in [0.717, 1.165) is 12.2 Å². The van der Waals surface area contributed by atoms with Crippen LogP contribution in [0.15, 0.2) is 29.2 Å². The van der Waals surface area contributed by atoms with Gasteiger partial charge in [-0.3, -0.25) is 0 Å². The Hall–Kier alpha value is -0.760. The van der Waals surface area contributed by atoms with Gasteiger partial charge >= 0.3 is 0 Å². The lowest BCUT2D eigenvalue weighted by atomic mass is 9.92. The largest absolute Gasteiger partial charge is 0.302 e. The summed E-state index contributed by atoms with van der Waals surface area (Å²) in [4.78, 5) is 12.3. The molecule has 1 saturated carbocycles. The maximum absolute atomic E-state index is 11.0. The Kier molecular flexibility index (Phi) is 1.91. The van der Waals surface area contributed by atoms with E-state index in [4.69, 9.17) is 0 Å². The smallest absolute Gasteiger partial charge is 0.133 e. The molecule has 2 heteroatoms. The number of rotatable bonds is 2. The van der Waals surface area contributed by atoms with Crippen molar-refractivity contribution in [3.05, 3.63) is 29.8 Å². The standard InChI is InChI=1S/C12H12OS/c13-7-11-12(8-5-6-8)9-3-1-2-4-10(9)14-11/h1-4,7-8,11-12H,5-6H2. The number of fused-ring (bicyclic) bond motifs is 1. The highest BCUT2D eigenvalue weighted by atomic mass is 32.2. The van der Waals surface area contributed by atoms with Crippen LogP contribution in [0.3, 0.4) is 0 Å². The Labute approximate surface area is 87.9 Å². The zero-order chi connectivity index (χ0) is 9.54. The second-order valence-electron chi connectivity index (χ2n) is 4.12. The average Bonchev–Trinajstić information content (AvgIpc) is 2.98. The van der Waals surface area contributed by atoms with Gasteiger partial charge in [0.2, 0.25) is 0 Å². The molecule has 1 heterocycles. The van der Waals surface area contributed by atoms with Gasteiger partial charge in [-0.05, 0) is 30.4 Å². The maximum atomic E-state index is 11.0. The molecule has 1 nitrogen and oxygen atoms in total. The molecule has 0 N–H and O–H groups in total. The minimum absolute atomic E-state index is 0.180. The molecule has 1 fully saturated rings. The van der Waals surface area contributed by atoms with Gasteiger partial charge in [0.15, 0.2) is 0 Å². The molecule has 2 unspecified atom stereocenters. The molecular weight excluding hydrogens is 192 g/mol. The molecule has 2 aliphatic rings. The summed E-state index contributed by atoms with van der Waals surface area (Å²) in [6.45, 7) is 0. The minimum atomic E-state index is 0.180. The van der Waals surface area contributed by atoms with Gasteiger partial charge in [-0.1, -0.05) is 18.2 Å². The number of thioether (sulfide) groups is 1. The monoisotopic (exact) mass is 204 g/mol. The van der Waals surface area contributed by atoms with Crippen molar-refractivity contribution >= 4 is 18.0 Å². The van der Waals surface area contributed by atoms with Crippen LogP contribution in [-0.2, 0) is 4.79 Å². The molecule has 0 amide bonds. The highest BCUT2D eigenvalue weighted by molar-refractivity contribution is 8.01. The van der Waals surface area contributed by atoms with Crippen LogP contribution in [0.25, 0.3) is 0 Å². The molecule has 3 rings (SSSR count). The lowest BCUT2D eigenvalue weighted by Gasteiger charge is -2.12. The van der Waals surface area contributed by atoms with E-state index in [-0.39, 0.29) is 5.25 Å². The van der Waals surface area contributed by atoms with Gasteiger partial charge < -0.3 is 4.79 Å². The van der Waals surface area contributed by atoms with Crippen molar-refractivity contribution in [3.63, 3.8) is 0 Å². The molecule has 0 spiro atoms. The summed E-state index contributed by atoms with van der Waals surface area (Å²) < 4.78 is 0. The third-order valence-corrected chi connectivity index (χ3v) is 4.46. The fraction of sp³-hybridized carbons (Fsp3) is 0.417. The van der Waals surface area contributed by atoms with E-state index in [9.17, 15) is 4.79 Å². The van der Waals surface area contributed by atoms with E-state index in [1.807, 2.05) is 0 Å². The van der Waals surface area contributed by atoms with Crippen LogP contribution in [0.5, 0.6) is 0 Å². The first-order valence-corrected chi connectivity index (χ1v) is 5.99. The summed E-state index contributed by atoms with van der Waals surface area (Å²) in [7, 11) is 0. The molecule has 1 aliphatic heterocycles. The molecule has 2 atom stereocenters. The van der Waals surface area contributed by atoms with Crippen LogP contribution in [0.2, 0.25) is 0 Å². The lowest BCUT2D eigenvalue weighted by molar-refractivity contribution is -0.107. The van der Waals surface area contributed by atoms with Gasteiger partial charge in [0.1, 0.15) is 6.29 Å². The number of carbonyl (C=O) groups is 1. The van der Waals surface area contributed by atoms with Crippen LogP contribution in [-0.4, -0.2) is 11.5 Å². The predicted octanol–water partition coefficient (Wildman–Crippen LogP) is 2.85. The topological polar surface area (TPSA) is 17.1 Å². The van der Waals surface area contributed by atoms with Crippen molar-refractivity contribution in [2.24, 2.45) is 5.92 Å². The summed E-state index contributed by atoms with van der Waals surface area (Å²) in [5, 5.41) is 0.180. The Bertz CT molecular complexity index is 370. The minimum Gasteiger partial charge on any atom is -0.302 e. The number of hydrogen-bond donors (Lipinski definition) is 0. The number of benzene rings is 1. The number of hydrogen-bond acceptors (Lipinski definition) is 2. The van der Waals surface area contributed by atoms with E-state index in [2.05, 4.69) is 24.3 Å². The van der Waals surface area contributed by atoms with Crippen molar-refractivity contribution < 1.29 is 4.79 Å². The van der Waals surface area contributed by atoms with Crippen molar-refractivity contribution in [1.82, 2.24) is 0 Å². The summed E-state index contributed by atoms with van der Waals surface area (Å²) >= 11 is 1.74. The molecule has 1 aromatic carbocycles. The predicted molar refractivity (Wildman–Crippen MR) is 57.6 cm³/mol. The second kappa shape index (κ2) is 3.13. The van der Waals surface area contributed by atoms with Crippen molar-refractivity contribution in [2.75, 3.05) is 0 Å². The Morgan fingerprint density at radius 1 is 1.29 bits per heavy atom. The summed E-state index contributed by atoms with van der Waals surface area (Å²) in [6, 6.07) is 8.47. The lowest BCUT2D eigenvalue weighted by Crippen LogP contribution is -2.13. The maximum Gasteiger partial charge on any atom is 0.133 e. The van der Waals surface area contributed by atoms with Gasteiger partial charge in [-0.25, -0.2) is 0 Å². The van der Waals surface area contributed by atoms with E-state index in [1.165, 1.54) is 23.3 Å². The SMILES string of the molecule is O=CC1Sc2ccccc2C1C1CC1. The zero-order valence-corrected chi connectivity index (χ0v) is 8.67. The first-order valence-electron chi connectivity index (χ1n) is 5.11. The molecule has 72 valence electrons. The van der Waals surface area contributed by atoms with Gasteiger partial charge in [0, 0.05) is 10.8 Å². The highest BCUT2D eigenvalue weighted by Crippen LogP contribution is 2.54. The second-order valence-corrected chi connectivity index (χ2v) is 5.34. The molecule has 1 aliphatic carbocycles. The third-order valence-electron chi connectivity index (χ3n) is 3.16. The van der Waals surface area contributed by atoms with E-state index in [0.29, 0.717) is 5.92 Å². The Morgan fingerprint density at radius 3 is 2.79 bits per heavy atom. The highest BCUT2D eigenvalue weighted by Gasteiger charge is 2.42. The van der Waals surface area contributed by atoms with E-state index in [1.54, 1.807) is 11.8 Å². The van der Waals surface area contributed by atoms with E-state index >= 15 is 0 Å². The van der Waals surface area contributed by atoms with Crippen molar-refractivity contribution in [1.29, 1.82) is 0 Å². The van der Waals surface area contributed by atoms with Gasteiger partial charge in [0.25, 0.3) is 0 Å². The Morgan fingerprint density at radius 2 is 2.07 bits per heavy atom. The average molecular weight is 204 g/mol. The molecular formula is C12H12OS. The Balaban J connectivity index is 2.03. The third kappa shape index (κ3) is 1.21. The first kappa shape index (κ1) is 8.54. The number of aldehydes is 1. The fourth-order valence-electron chi connectivity index (χ4n) is 2.35. The normalized spacial score (nSPS) is 30.0. The van der Waals surface area contributed by atoms with Crippen LogP contribution in [0, 0.1) is 5.92 Å². The first-order chi connectivity index (χ1) is 6.90. The van der Waals surface area contributed by atoms with Crippen LogP contribution < -0.4 is 0 Å². The van der Waals surface area contributed by atoms with Gasteiger partial charge in [-0.2, -0.15) is 0 Å². The van der Waals surface area contributed by atoms with Crippen molar-refractivity contribution in [3.8, 4) is 0 Å². The summed E-state index contributed by atoms with van der Waals surface area (Å²) in [6.07, 6.45) is 3.75. The molecule has 1 aromatic rings. The quantitative estimate of drug-likeness (QED) is 0.689. The summed E-state index contributed by atoms with van der Waals surface area (Å²) in [5.74, 6) is 1.29. The zero-order valence-electron chi connectivity index (χ0n) is 7.85. The summed E-state index contributed by atoms with van der Waals surface area (Å²) in [5.41, 5.74) is 1.41. The van der Waals surface area contributed by atoms with Crippen LogP contribution in [0.4, 0.5) is 0 Å². The molecule has 14 heavy (non-hydrogen) atoms. The van der Waals surface area contributed by atoms with Crippen molar-refractivity contribution in [2.45, 2.75) is 28.9 Å². The number of carbonyl (C=O) groups excluding carboxylic acids is 1. The van der Waals surface area contributed by atoms with Crippen LogP contribution >= 0.6 is 11.8 Å². The molecule has 0 radical (unpaired) electrons. The van der Waals surface area contributed by atoms with E-state index < -0.39 is 0 Å². The molecule has 0 bridgehead atoms. The fourth-order valence-corrected chi connectivity index (χ4v) is 3.71. The van der Waals surface area contributed by atoms with Gasteiger partial charge in [0.05, 0.1) is 5.25 Å². The van der Waals surface area contributed by atoms with Crippen LogP contribution in [0.1, 0.15) is 24.3 Å². The molecule has 0 aromatic heterocycles. The molecule has 0 saturated heterocycles. The van der Waals surface area contributed by atoms with Gasteiger partial charge in [-0.15, -0.1) is 11.8 Å².